The molecule has 3 N–H and O–H groups in total. The first-order valence-corrected chi connectivity index (χ1v) is 8.47. The molecule has 1 unspecified atom stereocenters. The lowest BCUT2D eigenvalue weighted by molar-refractivity contribution is 0.167. The Morgan fingerprint density at radius 3 is 2.90 bits per heavy atom. The lowest BCUT2D eigenvalue weighted by atomic mass is 10.3. The number of carbonyl (C=O) groups is 1. The monoisotopic (exact) mass is 377 g/mol. The van der Waals surface area contributed by atoms with E-state index in [9.17, 15) is 13.2 Å². The van der Waals surface area contributed by atoms with Gasteiger partial charge in [-0.15, -0.1) is 0 Å². The number of nitrogens with zero attached hydrogens (tertiary/aromatic N) is 1. The van der Waals surface area contributed by atoms with Crippen molar-refractivity contribution >= 4 is 37.7 Å². The number of anilines is 1. The third-order valence-corrected chi connectivity index (χ3v) is 6.09. The molecular weight excluding hydrogens is 362 g/mol. The second-order valence-corrected chi connectivity index (χ2v) is 7.44. The maximum Gasteiger partial charge on any atom is 0.407 e. The highest BCUT2D eigenvalue weighted by atomic mass is 79.9. The summed E-state index contributed by atoms with van der Waals surface area (Å²) in [5, 5.41) is 2.60. The highest BCUT2D eigenvalue weighted by molar-refractivity contribution is 9.10. The molecule has 0 aromatic heterocycles. The van der Waals surface area contributed by atoms with Crippen LogP contribution in [0, 0.1) is 0 Å². The molecule has 1 atom stereocenters. The highest BCUT2D eigenvalue weighted by Gasteiger charge is 2.34. The summed E-state index contributed by atoms with van der Waals surface area (Å²) in [7, 11) is -2.39. The summed E-state index contributed by atoms with van der Waals surface area (Å²) in [6.07, 6.45) is -0.0294. The summed E-state index contributed by atoms with van der Waals surface area (Å²) in [6.45, 7) is 0.539. The van der Waals surface area contributed by atoms with Crippen LogP contribution in [0.1, 0.15) is 6.42 Å². The van der Waals surface area contributed by atoms with Gasteiger partial charge in [0.1, 0.15) is 0 Å². The van der Waals surface area contributed by atoms with Gasteiger partial charge in [0, 0.05) is 29.3 Å². The smallest absolute Gasteiger partial charge is 0.407 e. The first-order valence-electron chi connectivity index (χ1n) is 6.24. The van der Waals surface area contributed by atoms with Crippen molar-refractivity contribution in [2.45, 2.75) is 17.4 Å². The molecule has 1 heterocycles. The normalized spacial score (nSPS) is 19.4. The first kappa shape index (κ1) is 16.1. The average Bonchev–Trinajstić information content (AvgIpc) is 2.90. The fourth-order valence-electron chi connectivity index (χ4n) is 2.15. The van der Waals surface area contributed by atoms with E-state index < -0.39 is 16.1 Å². The lowest BCUT2D eigenvalue weighted by Gasteiger charge is -2.18. The number of hydrogen-bond acceptors (Lipinski definition) is 5. The van der Waals surface area contributed by atoms with Crippen LogP contribution in [0.5, 0.6) is 0 Å². The van der Waals surface area contributed by atoms with Gasteiger partial charge in [0.15, 0.2) is 0 Å². The molecular formula is C12H16BrN3O4S. The van der Waals surface area contributed by atoms with Crippen molar-refractivity contribution in [3.8, 4) is 0 Å². The number of alkyl carbamates (subject to hydrolysis) is 1. The molecule has 116 valence electrons. The molecule has 1 aliphatic heterocycles. The number of methoxy groups -OCH3 is 1. The van der Waals surface area contributed by atoms with Crippen molar-refractivity contribution in [2.75, 3.05) is 25.9 Å². The van der Waals surface area contributed by atoms with E-state index in [4.69, 9.17) is 5.73 Å². The van der Waals surface area contributed by atoms with Crippen LogP contribution in [-0.4, -0.2) is 45.1 Å². The number of nitrogens with two attached hydrogens (primary N) is 1. The van der Waals surface area contributed by atoms with E-state index in [0.717, 1.165) is 0 Å². The van der Waals surface area contributed by atoms with Gasteiger partial charge < -0.3 is 15.8 Å². The summed E-state index contributed by atoms with van der Waals surface area (Å²) in [5.41, 5.74) is 6.03. The molecule has 0 spiro atoms. The van der Waals surface area contributed by atoms with Gasteiger partial charge in [-0.2, -0.15) is 4.31 Å². The zero-order valence-corrected chi connectivity index (χ0v) is 13.8. The van der Waals surface area contributed by atoms with Gasteiger partial charge in [0.25, 0.3) is 0 Å². The van der Waals surface area contributed by atoms with E-state index in [-0.39, 0.29) is 17.5 Å². The van der Waals surface area contributed by atoms with Gasteiger partial charge >= 0.3 is 6.09 Å². The number of ether oxygens (including phenoxy) is 1. The Hall–Kier alpha value is -1.32. The molecule has 1 aromatic rings. The predicted molar refractivity (Wildman–Crippen MR) is 81.3 cm³/mol. The fraction of sp³-hybridized carbons (Fsp3) is 0.417. The molecule has 1 fully saturated rings. The number of hydrogen-bond donors (Lipinski definition) is 2. The minimum Gasteiger partial charge on any atom is -0.453 e. The Labute approximate surface area is 131 Å². The van der Waals surface area contributed by atoms with Crippen LogP contribution < -0.4 is 11.1 Å². The first-order chi connectivity index (χ1) is 9.84. The van der Waals surface area contributed by atoms with Gasteiger partial charge in [-0.05, 0) is 40.5 Å². The van der Waals surface area contributed by atoms with E-state index in [1.165, 1.54) is 17.5 Å². The maximum absolute atomic E-state index is 12.6. The van der Waals surface area contributed by atoms with E-state index in [1.807, 2.05) is 0 Å². The van der Waals surface area contributed by atoms with Crippen molar-refractivity contribution < 1.29 is 17.9 Å². The second kappa shape index (κ2) is 6.20. The third kappa shape index (κ3) is 3.47. The highest BCUT2D eigenvalue weighted by Crippen LogP contribution is 2.29. The standard InChI is InChI=1S/C12H16BrN3O4S/c1-20-12(17)15-9-4-5-16(7-9)21(18,19)11-6-8(14)2-3-10(11)13/h2-3,6,9H,4-5,7,14H2,1H3,(H,15,17). The quantitative estimate of drug-likeness (QED) is 0.769. The van der Waals surface area contributed by atoms with Gasteiger partial charge in [-0.1, -0.05) is 0 Å². The number of benzene rings is 1. The third-order valence-electron chi connectivity index (χ3n) is 3.23. The average molecular weight is 378 g/mol. The number of sulfonamides is 1. The van der Waals surface area contributed by atoms with Gasteiger partial charge in [0.2, 0.25) is 10.0 Å². The number of rotatable bonds is 3. The summed E-state index contributed by atoms with van der Waals surface area (Å²) in [6, 6.07) is 4.38. The Balaban J connectivity index is 2.18. The van der Waals surface area contributed by atoms with Crippen molar-refractivity contribution in [1.29, 1.82) is 0 Å². The second-order valence-electron chi connectivity index (χ2n) is 4.67. The zero-order chi connectivity index (χ0) is 15.6. The Kier molecular flexibility index (Phi) is 4.74. The van der Waals surface area contributed by atoms with E-state index in [2.05, 4.69) is 26.0 Å². The van der Waals surface area contributed by atoms with E-state index in [1.54, 1.807) is 12.1 Å². The van der Waals surface area contributed by atoms with Crippen LogP contribution in [0.25, 0.3) is 0 Å². The zero-order valence-electron chi connectivity index (χ0n) is 11.4. The summed E-state index contributed by atoms with van der Waals surface area (Å²) >= 11 is 3.23. The number of nitrogens with one attached hydrogen (secondary N) is 1. The fourth-order valence-corrected chi connectivity index (χ4v) is 4.61. The van der Waals surface area contributed by atoms with E-state index >= 15 is 0 Å². The summed E-state index contributed by atoms with van der Waals surface area (Å²) < 4.78 is 31.5. The molecule has 7 nitrogen and oxygen atoms in total. The summed E-state index contributed by atoms with van der Waals surface area (Å²) in [5.74, 6) is 0. The minimum atomic E-state index is -3.65. The largest absolute Gasteiger partial charge is 0.453 e. The van der Waals surface area contributed by atoms with Gasteiger partial charge in [-0.3, -0.25) is 0 Å². The predicted octanol–water partition coefficient (Wildman–Crippen LogP) is 1.15. The molecule has 9 heteroatoms. The van der Waals surface area contributed by atoms with Crippen molar-refractivity contribution in [3.63, 3.8) is 0 Å². The number of carbonyl (C=O) groups excluding carboxylic acids is 1. The van der Waals surface area contributed by atoms with Gasteiger partial charge in [-0.25, -0.2) is 13.2 Å². The topological polar surface area (TPSA) is 102 Å². The number of halogens is 1. The molecule has 1 saturated heterocycles. The molecule has 1 amide bonds. The SMILES string of the molecule is COC(=O)NC1CCN(S(=O)(=O)c2cc(N)ccc2Br)C1. The molecule has 2 rings (SSSR count). The molecule has 1 aromatic carbocycles. The lowest BCUT2D eigenvalue weighted by Crippen LogP contribution is -2.38. The van der Waals surface area contributed by atoms with Crippen LogP contribution in [0.2, 0.25) is 0 Å². The van der Waals surface area contributed by atoms with Crippen molar-refractivity contribution in [2.24, 2.45) is 0 Å². The van der Waals surface area contributed by atoms with E-state index in [0.29, 0.717) is 23.1 Å². The molecule has 1 aliphatic rings. The Bertz CT molecular complexity index is 650. The van der Waals surface area contributed by atoms with Crippen LogP contribution in [0.4, 0.5) is 10.5 Å². The molecule has 0 saturated carbocycles. The number of amides is 1. The Morgan fingerprint density at radius 1 is 1.52 bits per heavy atom. The van der Waals surface area contributed by atoms with Crippen LogP contribution in [0.15, 0.2) is 27.6 Å². The number of nitrogen functional groups attached to an aromatic ring is 1. The molecule has 0 bridgehead atoms. The molecule has 0 radical (unpaired) electrons. The van der Waals surface area contributed by atoms with Gasteiger partial charge in [0.05, 0.1) is 12.0 Å². The molecule has 21 heavy (non-hydrogen) atoms. The maximum atomic E-state index is 12.6. The van der Waals surface area contributed by atoms with Crippen LogP contribution in [-0.2, 0) is 14.8 Å². The summed E-state index contributed by atoms with van der Waals surface area (Å²) in [4.78, 5) is 11.3. The minimum absolute atomic E-state index is 0.126. The Morgan fingerprint density at radius 2 is 2.24 bits per heavy atom. The van der Waals surface area contributed by atoms with Crippen LogP contribution in [0.3, 0.4) is 0 Å². The molecule has 0 aliphatic carbocycles. The van der Waals surface area contributed by atoms with Crippen LogP contribution >= 0.6 is 15.9 Å². The van der Waals surface area contributed by atoms with Crippen molar-refractivity contribution in [3.05, 3.63) is 22.7 Å². The van der Waals surface area contributed by atoms with Crippen molar-refractivity contribution in [1.82, 2.24) is 9.62 Å².